The number of hydrogen-bond acceptors (Lipinski definition) is 7. The van der Waals surface area contributed by atoms with Crippen molar-refractivity contribution in [2.24, 2.45) is 5.73 Å². The highest BCUT2D eigenvalue weighted by molar-refractivity contribution is 7.84. The van der Waals surface area contributed by atoms with Gasteiger partial charge in [0.15, 0.2) is 11.5 Å². The topological polar surface area (TPSA) is 105 Å². The maximum Gasteiger partial charge on any atom is 0.239 e. The van der Waals surface area contributed by atoms with Crippen LogP contribution in [0.5, 0.6) is 11.5 Å². The summed E-state index contributed by atoms with van der Waals surface area (Å²) in [5, 5.41) is 10.4. The number of carbonyl (C=O) groups is 1. The summed E-state index contributed by atoms with van der Waals surface area (Å²) in [4.78, 5) is 17.1. The molecule has 2 aromatic rings. The number of hydrogen-bond donors (Lipinski definition) is 2. The average Bonchev–Trinajstić information content (AvgIpc) is 2.79. The zero-order valence-corrected chi connectivity index (χ0v) is 19.3. The molecule has 1 fully saturated rings. The van der Waals surface area contributed by atoms with Crippen molar-refractivity contribution in [2.45, 2.75) is 17.0 Å². The Kier molecular flexibility index (Phi) is 8.63. The van der Waals surface area contributed by atoms with Gasteiger partial charge in [-0.15, -0.1) is 0 Å². The molecule has 1 heterocycles. The summed E-state index contributed by atoms with van der Waals surface area (Å²) in [5.41, 5.74) is 6.51. The minimum atomic E-state index is -1.07. The van der Waals surface area contributed by atoms with Crippen molar-refractivity contribution in [1.29, 1.82) is 0 Å². The zero-order valence-electron chi connectivity index (χ0n) is 18.5. The number of primary amides is 1. The molecule has 2 aromatic carbocycles. The lowest BCUT2D eigenvalue weighted by atomic mass is 10.0. The van der Waals surface area contributed by atoms with Gasteiger partial charge < -0.3 is 20.3 Å². The van der Waals surface area contributed by atoms with Crippen molar-refractivity contribution in [3.8, 4) is 11.5 Å². The van der Waals surface area contributed by atoms with Gasteiger partial charge in [-0.25, -0.2) is 0 Å². The molecule has 9 heteroatoms. The van der Waals surface area contributed by atoms with Gasteiger partial charge in [-0.05, 0) is 29.8 Å². The highest BCUT2D eigenvalue weighted by Crippen LogP contribution is 2.26. The Labute approximate surface area is 191 Å². The van der Waals surface area contributed by atoms with Gasteiger partial charge >= 0.3 is 0 Å². The Morgan fingerprint density at radius 2 is 1.72 bits per heavy atom. The van der Waals surface area contributed by atoms with Gasteiger partial charge in [0.25, 0.3) is 0 Å². The fourth-order valence-electron chi connectivity index (χ4n) is 3.88. The van der Waals surface area contributed by atoms with E-state index >= 15 is 0 Å². The summed E-state index contributed by atoms with van der Waals surface area (Å²) in [6.45, 7) is 3.33. The number of aliphatic hydroxyl groups excluding tert-OH is 1. The molecular weight excluding hydrogens is 430 g/mol. The molecule has 1 saturated heterocycles. The van der Waals surface area contributed by atoms with E-state index in [1.54, 1.807) is 31.6 Å². The zero-order chi connectivity index (χ0) is 23.1. The van der Waals surface area contributed by atoms with Crippen LogP contribution in [0.15, 0.2) is 53.4 Å². The molecule has 174 valence electrons. The molecule has 3 unspecified atom stereocenters. The van der Waals surface area contributed by atoms with Crippen LogP contribution in [0, 0.1) is 0 Å². The number of piperazine rings is 1. The SMILES string of the molecule is COc1ccccc1OCC(O)CN1CCN(C(C(N)=O)c2ccc(S(C)=O)cc2)CC1. The summed E-state index contributed by atoms with van der Waals surface area (Å²) in [5.74, 6) is 0.819. The van der Waals surface area contributed by atoms with Crippen molar-refractivity contribution in [3.05, 3.63) is 54.1 Å². The van der Waals surface area contributed by atoms with Gasteiger partial charge in [-0.3, -0.25) is 18.8 Å². The van der Waals surface area contributed by atoms with E-state index in [0.29, 0.717) is 49.1 Å². The first kappa shape index (κ1) is 24.2. The monoisotopic (exact) mass is 461 g/mol. The van der Waals surface area contributed by atoms with Crippen molar-refractivity contribution in [2.75, 3.05) is 52.7 Å². The molecule has 3 N–H and O–H groups in total. The van der Waals surface area contributed by atoms with Crippen LogP contribution in [0.3, 0.4) is 0 Å². The molecule has 0 radical (unpaired) electrons. The van der Waals surface area contributed by atoms with Crippen LogP contribution in [0.4, 0.5) is 0 Å². The minimum absolute atomic E-state index is 0.162. The molecule has 0 bridgehead atoms. The second kappa shape index (κ2) is 11.4. The molecule has 0 aliphatic carbocycles. The van der Waals surface area contributed by atoms with Crippen LogP contribution < -0.4 is 15.2 Å². The van der Waals surface area contributed by atoms with Crippen LogP contribution in [0.1, 0.15) is 11.6 Å². The standard InChI is InChI=1S/C23H31N3O5S/c1-30-20-5-3-4-6-21(20)31-16-18(27)15-25-11-13-26(14-12-25)22(23(24)28)17-7-9-19(10-8-17)32(2)29/h3-10,18,22,27H,11-16H2,1-2H3,(H2,24,28). The Morgan fingerprint density at radius 3 is 2.28 bits per heavy atom. The van der Waals surface area contributed by atoms with E-state index in [4.69, 9.17) is 15.2 Å². The molecule has 8 nitrogen and oxygen atoms in total. The lowest BCUT2D eigenvalue weighted by Gasteiger charge is -2.38. The first-order valence-electron chi connectivity index (χ1n) is 10.5. The number of rotatable bonds is 10. The molecule has 0 aromatic heterocycles. The summed E-state index contributed by atoms with van der Waals surface area (Å²) in [6, 6.07) is 14.0. The quantitative estimate of drug-likeness (QED) is 0.544. The Balaban J connectivity index is 1.51. The Hall–Kier alpha value is -2.46. The number of para-hydroxylation sites is 2. The maximum absolute atomic E-state index is 12.2. The summed E-state index contributed by atoms with van der Waals surface area (Å²) >= 11 is 0. The summed E-state index contributed by atoms with van der Waals surface area (Å²) in [6.07, 6.45) is 0.969. The fraction of sp³-hybridized carbons (Fsp3) is 0.435. The number of methoxy groups -OCH3 is 1. The van der Waals surface area contributed by atoms with Gasteiger partial charge in [0, 0.05) is 54.7 Å². The third-order valence-electron chi connectivity index (χ3n) is 5.54. The van der Waals surface area contributed by atoms with E-state index < -0.39 is 28.9 Å². The number of amides is 1. The lowest BCUT2D eigenvalue weighted by molar-refractivity contribution is -0.124. The molecule has 32 heavy (non-hydrogen) atoms. The number of nitrogens with zero attached hydrogens (tertiary/aromatic N) is 2. The first-order valence-corrected chi connectivity index (χ1v) is 12.1. The third kappa shape index (κ3) is 6.29. The maximum atomic E-state index is 12.2. The van der Waals surface area contributed by atoms with Gasteiger partial charge in [0.05, 0.1) is 7.11 Å². The number of aliphatic hydroxyl groups is 1. The highest BCUT2D eigenvalue weighted by atomic mass is 32.2. The van der Waals surface area contributed by atoms with Crippen LogP contribution in [0.2, 0.25) is 0 Å². The number of benzene rings is 2. The fourth-order valence-corrected chi connectivity index (χ4v) is 4.40. The van der Waals surface area contributed by atoms with E-state index in [0.717, 1.165) is 5.56 Å². The van der Waals surface area contributed by atoms with Crippen LogP contribution >= 0.6 is 0 Å². The lowest BCUT2D eigenvalue weighted by Crippen LogP contribution is -2.52. The van der Waals surface area contributed by atoms with E-state index in [1.165, 1.54) is 0 Å². The normalized spacial score (nSPS) is 18.0. The van der Waals surface area contributed by atoms with Gasteiger partial charge in [-0.2, -0.15) is 0 Å². The number of β-amino-alcohol motifs (C(OH)–C–C–N with tert-alkyl or cyclic N) is 1. The highest BCUT2D eigenvalue weighted by Gasteiger charge is 2.29. The first-order chi connectivity index (χ1) is 15.4. The predicted octanol–water partition coefficient (Wildman–Crippen LogP) is 1.02. The summed E-state index contributed by atoms with van der Waals surface area (Å²) in [7, 11) is 0.510. The smallest absolute Gasteiger partial charge is 0.239 e. The van der Waals surface area contributed by atoms with Gasteiger partial charge in [0.1, 0.15) is 18.8 Å². The van der Waals surface area contributed by atoms with Crippen LogP contribution in [-0.2, 0) is 15.6 Å². The number of carbonyl (C=O) groups excluding carboxylic acids is 1. The largest absolute Gasteiger partial charge is 0.493 e. The number of ether oxygens (including phenoxy) is 2. The molecule has 1 amide bonds. The van der Waals surface area contributed by atoms with Crippen LogP contribution in [0.25, 0.3) is 0 Å². The number of nitrogens with two attached hydrogens (primary N) is 1. The molecule has 3 atom stereocenters. The Bertz CT molecular complexity index is 916. The van der Waals surface area contributed by atoms with Gasteiger partial charge in [0.2, 0.25) is 5.91 Å². The van der Waals surface area contributed by atoms with E-state index in [-0.39, 0.29) is 6.61 Å². The van der Waals surface area contributed by atoms with Crippen molar-refractivity contribution >= 4 is 16.7 Å². The molecule has 1 aliphatic heterocycles. The predicted molar refractivity (Wildman–Crippen MR) is 123 cm³/mol. The van der Waals surface area contributed by atoms with Crippen molar-refractivity contribution in [1.82, 2.24) is 9.80 Å². The minimum Gasteiger partial charge on any atom is -0.493 e. The third-order valence-corrected chi connectivity index (χ3v) is 6.47. The van der Waals surface area contributed by atoms with Crippen molar-refractivity contribution in [3.63, 3.8) is 0 Å². The Morgan fingerprint density at radius 1 is 1.09 bits per heavy atom. The second-order valence-corrected chi connectivity index (χ2v) is 9.16. The second-order valence-electron chi connectivity index (χ2n) is 7.78. The van der Waals surface area contributed by atoms with Gasteiger partial charge in [-0.1, -0.05) is 24.3 Å². The summed E-state index contributed by atoms with van der Waals surface area (Å²) < 4.78 is 22.6. The van der Waals surface area contributed by atoms with E-state index in [2.05, 4.69) is 9.80 Å². The molecule has 0 saturated carbocycles. The van der Waals surface area contributed by atoms with E-state index in [9.17, 15) is 14.1 Å². The molecule has 3 rings (SSSR count). The molecular formula is C23H31N3O5S. The van der Waals surface area contributed by atoms with Crippen LogP contribution in [-0.4, -0.2) is 83.8 Å². The van der Waals surface area contributed by atoms with E-state index in [1.807, 2.05) is 30.3 Å². The average molecular weight is 462 g/mol. The van der Waals surface area contributed by atoms with Crippen molar-refractivity contribution < 1.29 is 23.6 Å². The molecule has 1 aliphatic rings. The molecule has 0 spiro atoms.